The standard InChI is InChI=1S/C15H9NO2/c17-10-16-13-6-7-14-12(8-13)9-15(18-14)11-4-2-1-3-5-11/h1-9H. The van der Waals surface area contributed by atoms with E-state index in [4.69, 9.17) is 4.42 Å². The third-order valence-corrected chi connectivity index (χ3v) is 2.73. The summed E-state index contributed by atoms with van der Waals surface area (Å²) in [6.07, 6.45) is 1.53. The van der Waals surface area contributed by atoms with Crippen LogP contribution in [-0.4, -0.2) is 6.08 Å². The van der Waals surface area contributed by atoms with Crippen LogP contribution in [0.2, 0.25) is 0 Å². The summed E-state index contributed by atoms with van der Waals surface area (Å²) in [6, 6.07) is 17.1. The zero-order chi connectivity index (χ0) is 12.4. The summed E-state index contributed by atoms with van der Waals surface area (Å²) >= 11 is 0. The molecule has 3 rings (SSSR count). The average molecular weight is 235 g/mol. The van der Waals surface area contributed by atoms with Gasteiger partial charge in [0, 0.05) is 10.9 Å². The molecule has 2 aromatic carbocycles. The van der Waals surface area contributed by atoms with Gasteiger partial charge >= 0.3 is 0 Å². The van der Waals surface area contributed by atoms with Crippen LogP contribution in [0.4, 0.5) is 5.69 Å². The van der Waals surface area contributed by atoms with Crippen molar-refractivity contribution in [1.29, 1.82) is 0 Å². The number of furan rings is 1. The van der Waals surface area contributed by atoms with Gasteiger partial charge in [0.05, 0.1) is 5.69 Å². The molecule has 0 N–H and O–H groups in total. The summed E-state index contributed by atoms with van der Waals surface area (Å²) in [4.78, 5) is 13.8. The van der Waals surface area contributed by atoms with E-state index >= 15 is 0 Å². The Morgan fingerprint density at radius 2 is 1.83 bits per heavy atom. The minimum Gasteiger partial charge on any atom is -0.456 e. The summed E-state index contributed by atoms with van der Waals surface area (Å²) in [5.74, 6) is 0.804. The molecule has 0 unspecified atom stereocenters. The van der Waals surface area contributed by atoms with Gasteiger partial charge in [-0.15, -0.1) is 0 Å². The van der Waals surface area contributed by atoms with Gasteiger partial charge in [-0.2, -0.15) is 4.99 Å². The van der Waals surface area contributed by atoms with Crippen LogP contribution in [-0.2, 0) is 4.79 Å². The van der Waals surface area contributed by atoms with Gasteiger partial charge in [-0.05, 0) is 24.3 Å². The summed E-state index contributed by atoms with van der Waals surface area (Å²) < 4.78 is 5.75. The number of carbonyl (C=O) groups excluding carboxylic acids is 1. The molecule has 0 radical (unpaired) electrons. The lowest BCUT2D eigenvalue weighted by Gasteiger charge is -1.93. The molecule has 18 heavy (non-hydrogen) atoms. The molecule has 0 bridgehead atoms. The number of fused-ring (bicyclic) bond motifs is 1. The van der Waals surface area contributed by atoms with E-state index in [2.05, 4.69) is 4.99 Å². The molecule has 3 nitrogen and oxygen atoms in total. The van der Waals surface area contributed by atoms with Gasteiger partial charge in [-0.1, -0.05) is 30.3 Å². The maximum absolute atomic E-state index is 10.2. The fraction of sp³-hybridized carbons (Fsp3) is 0. The smallest absolute Gasteiger partial charge is 0.240 e. The van der Waals surface area contributed by atoms with Gasteiger partial charge in [0.2, 0.25) is 6.08 Å². The molecule has 3 aromatic rings. The van der Waals surface area contributed by atoms with Crippen molar-refractivity contribution >= 4 is 22.7 Å². The van der Waals surface area contributed by atoms with E-state index in [9.17, 15) is 4.79 Å². The molecule has 0 spiro atoms. The zero-order valence-corrected chi connectivity index (χ0v) is 9.46. The van der Waals surface area contributed by atoms with Crippen LogP contribution in [0.1, 0.15) is 0 Å². The summed E-state index contributed by atoms with van der Waals surface area (Å²) in [7, 11) is 0. The predicted molar refractivity (Wildman–Crippen MR) is 69.4 cm³/mol. The van der Waals surface area contributed by atoms with E-state index in [1.54, 1.807) is 18.2 Å². The van der Waals surface area contributed by atoms with Crippen LogP contribution in [0.25, 0.3) is 22.3 Å². The molecule has 1 heterocycles. The van der Waals surface area contributed by atoms with Gasteiger partial charge in [-0.3, -0.25) is 0 Å². The molecular formula is C15H9NO2. The Bertz CT molecular complexity index is 738. The molecule has 0 aliphatic heterocycles. The Kier molecular flexibility index (Phi) is 2.52. The molecule has 0 saturated carbocycles. The van der Waals surface area contributed by atoms with E-state index in [1.807, 2.05) is 36.4 Å². The molecule has 0 amide bonds. The molecule has 0 aliphatic carbocycles. The highest BCUT2D eigenvalue weighted by molar-refractivity contribution is 5.85. The molecule has 86 valence electrons. The molecule has 3 heteroatoms. The first-order chi connectivity index (χ1) is 8.86. The van der Waals surface area contributed by atoms with Crippen molar-refractivity contribution in [3.63, 3.8) is 0 Å². The molecule has 0 atom stereocenters. The maximum atomic E-state index is 10.2. The predicted octanol–water partition coefficient (Wildman–Crippen LogP) is 4.07. The van der Waals surface area contributed by atoms with E-state index < -0.39 is 0 Å². The van der Waals surface area contributed by atoms with Crippen molar-refractivity contribution in [2.45, 2.75) is 0 Å². The van der Waals surface area contributed by atoms with Gasteiger partial charge < -0.3 is 4.42 Å². The van der Waals surface area contributed by atoms with Crippen LogP contribution in [0.5, 0.6) is 0 Å². The zero-order valence-electron chi connectivity index (χ0n) is 9.46. The fourth-order valence-electron chi connectivity index (χ4n) is 1.90. The molecule has 1 aromatic heterocycles. The second-order valence-corrected chi connectivity index (χ2v) is 3.90. The second kappa shape index (κ2) is 4.32. The average Bonchev–Trinajstić information content (AvgIpc) is 2.83. The SMILES string of the molecule is O=C=Nc1ccc2oc(-c3ccccc3)cc2c1. The van der Waals surface area contributed by atoms with E-state index in [0.29, 0.717) is 5.69 Å². The van der Waals surface area contributed by atoms with Crippen molar-refractivity contribution < 1.29 is 9.21 Å². The topological polar surface area (TPSA) is 42.6 Å². The number of isocyanates is 1. The third kappa shape index (κ3) is 1.83. The number of aliphatic imine (C=N–C) groups is 1. The molecule has 0 fully saturated rings. The summed E-state index contributed by atoms with van der Waals surface area (Å²) in [6.45, 7) is 0. The monoisotopic (exact) mass is 235 g/mol. The molecule has 0 saturated heterocycles. The maximum Gasteiger partial charge on any atom is 0.240 e. The Morgan fingerprint density at radius 3 is 2.61 bits per heavy atom. The Morgan fingerprint density at radius 1 is 1.00 bits per heavy atom. The third-order valence-electron chi connectivity index (χ3n) is 2.73. The Balaban J connectivity index is 2.14. The van der Waals surface area contributed by atoms with Gasteiger partial charge in [0.15, 0.2) is 0 Å². The normalized spacial score (nSPS) is 10.2. The lowest BCUT2D eigenvalue weighted by Crippen LogP contribution is -1.69. The lowest BCUT2D eigenvalue weighted by molar-refractivity contribution is 0.565. The number of benzene rings is 2. The first kappa shape index (κ1) is 10.5. The summed E-state index contributed by atoms with van der Waals surface area (Å²) in [5.41, 5.74) is 2.38. The van der Waals surface area contributed by atoms with Gasteiger partial charge in [0.1, 0.15) is 11.3 Å². The highest BCUT2D eigenvalue weighted by Gasteiger charge is 2.06. The second-order valence-electron chi connectivity index (χ2n) is 3.90. The lowest BCUT2D eigenvalue weighted by atomic mass is 10.1. The Hall–Kier alpha value is -2.64. The van der Waals surface area contributed by atoms with Crippen LogP contribution in [0, 0.1) is 0 Å². The Labute approximate surface area is 103 Å². The van der Waals surface area contributed by atoms with Crippen molar-refractivity contribution in [3.05, 3.63) is 54.6 Å². The van der Waals surface area contributed by atoms with E-state index in [-0.39, 0.29) is 0 Å². The van der Waals surface area contributed by atoms with E-state index in [1.165, 1.54) is 6.08 Å². The van der Waals surface area contributed by atoms with Crippen LogP contribution in [0.3, 0.4) is 0 Å². The van der Waals surface area contributed by atoms with E-state index in [0.717, 1.165) is 22.3 Å². The van der Waals surface area contributed by atoms with Crippen molar-refractivity contribution in [2.75, 3.05) is 0 Å². The quantitative estimate of drug-likeness (QED) is 0.496. The number of nitrogens with zero attached hydrogens (tertiary/aromatic N) is 1. The molecular weight excluding hydrogens is 226 g/mol. The highest BCUT2D eigenvalue weighted by Crippen LogP contribution is 2.29. The van der Waals surface area contributed by atoms with Crippen molar-refractivity contribution in [3.8, 4) is 11.3 Å². The molecule has 0 aliphatic rings. The minimum absolute atomic E-state index is 0.581. The van der Waals surface area contributed by atoms with Crippen molar-refractivity contribution in [1.82, 2.24) is 0 Å². The number of hydrogen-bond donors (Lipinski definition) is 0. The fourth-order valence-corrected chi connectivity index (χ4v) is 1.90. The van der Waals surface area contributed by atoms with Crippen LogP contribution < -0.4 is 0 Å². The first-order valence-corrected chi connectivity index (χ1v) is 5.54. The minimum atomic E-state index is 0.581. The number of rotatable bonds is 2. The number of hydrogen-bond acceptors (Lipinski definition) is 3. The van der Waals surface area contributed by atoms with Gasteiger partial charge in [0.25, 0.3) is 0 Å². The first-order valence-electron chi connectivity index (χ1n) is 5.54. The summed E-state index contributed by atoms with van der Waals surface area (Å²) in [5, 5.41) is 0.922. The van der Waals surface area contributed by atoms with Gasteiger partial charge in [-0.25, -0.2) is 4.79 Å². The largest absolute Gasteiger partial charge is 0.456 e. The van der Waals surface area contributed by atoms with Crippen LogP contribution >= 0.6 is 0 Å². The highest BCUT2D eigenvalue weighted by atomic mass is 16.3. The van der Waals surface area contributed by atoms with Crippen LogP contribution in [0.15, 0.2) is 64.0 Å². The van der Waals surface area contributed by atoms with Crippen molar-refractivity contribution in [2.24, 2.45) is 4.99 Å².